The van der Waals surface area contributed by atoms with Crippen molar-refractivity contribution in [2.75, 3.05) is 36.5 Å². The maximum Gasteiger partial charge on any atom is 0.149 e. The minimum absolute atomic E-state index is 0.215. The molecular formula is C14H22N2O2S. The Balaban J connectivity index is 2.18. The second kappa shape index (κ2) is 5.92. The van der Waals surface area contributed by atoms with Gasteiger partial charge in [-0.05, 0) is 24.6 Å². The van der Waals surface area contributed by atoms with Crippen LogP contribution in [0.2, 0.25) is 0 Å². The zero-order valence-electron chi connectivity index (χ0n) is 11.6. The number of hydrogen-bond donors (Lipinski definition) is 1. The van der Waals surface area contributed by atoms with Crippen molar-refractivity contribution in [1.82, 2.24) is 5.32 Å². The van der Waals surface area contributed by atoms with Crippen LogP contribution in [0.4, 0.5) is 5.69 Å². The van der Waals surface area contributed by atoms with E-state index in [-0.39, 0.29) is 5.75 Å². The third-order valence-electron chi connectivity index (χ3n) is 3.52. The van der Waals surface area contributed by atoms with Gasteiger partial charge in [0.05, 0.1) is 5.75 Å². The van der Waals surface area contributed by atoms with Crippen LogP contribution in [0.3, 0.4) is 0 Å². The second-order valence-electron chi connectivity index (χ2n) is 5.07. The highest BCUT2D eigenvalue weighted by Gasteiger charge is 2.24. The van der Waals surface area contributed by atoms with Gasteiger partial charge in [-0.15, -0.1) is 0 Å². The van der Waals surface area contributed by atoms with Crippen LogP contribution in [-0.2, 0) is 9.84 Å². The molecule has 0 aliphatic carbocycles. The fourth-order valence-electron chi connectivity index (χ4n) is 2.60. The van der Waals surface area contributed by atoms with E-state index in [4.69, 9.17) is 0 Å². The van der Waals surface area contributed by atoms with E-state index in [1.165, 1.54) is 17.5 Å². The molecule has 1 heterocycles. The van der Waals surface area contributed by atoms with Gasteiger partial charge in [0, 0.05) is 31.1 Å². The third kappa shape index (κ3) is 3.70. The molecule has 0 spiro atoms. The average molecular weight is 282 g/mol. The van der Waals surface area contributed by atoms with Crippen LogP contribution in [0.25, 0.3) is 0 Å². The Morgan fingerprint density at radius 2 is 2.11 bits per heavy atom. The summed E-state index contributed by atoms with van der Waals surface area (Å²) in [7, 11) is -2.91. The number of fused-ring (bicyclic) bond motifs is 1. The zero-order chi connectivity index (χ0) is 13.9. The Labute approximate surface area is 115 Å². The van der Waals surface area contributed by atoms with Crippen molar-refractivity contribution in [3.63, 3.8) is 0 Å². The van der Waals surface area contributed by atoms with Gasteiger partial charge in [0.15, 0.2) is 0 Å². The minimum Gasteiger partial charge on any atom is -0.370 e. The predicted molar refractivity (Wildman–Crippen MR) is 79.4 cm³/mol. The van der Waals surface area contributed by atoms with Gasteiger partial charge in [0.2, 0.25) is 0 Å². The Bertz CT molecular complexity index is 528. The van der Waals surface area contributed by atoms with Gasteiger partial charge in [0.1, 0.15) is 9.84 Å². The number of sulfone groups is 1. The zero-order valence-corrected chi connectivity index (χ0v) is 12.4. The van der Waals surface area contributed by atoms with Crippen molar-refractivity contribution < 1.29 is 8.42 Å². The molecule has 0 aromatic heterocycles. The molecule has 1 aromatic rings. The summed E-state index contributed by atoms with van der Waals surface area (Å²) in [4.78, 5) is 2.18. The number of nitrogens with one attached hydrogen (secondary N) is 1. The van der Waals surface area contributed by atoms with Gasteiger partial charge in [-0.2, -0.15) is 0 Å². The SMILES string of the molecule is CCNC1CCN(CCS(C)(=O)=O)c2ccccc21. The third-order valence-corrected chi connectivity index (χ3v) is 4.45. The summed E-state index contributed by atoms with van der Waals surface area (Å²) >= 11 is 0. The Morgan fingerprint density at radius 3 is 2.79 bits per heavy atom. The molecule has 0 amide bonds. The molecule has 0 radical (unpaired) electrons. The summed E-state index contributed by atoms with van der Waals surface area (Å²) in [5, 5.41) is 3.49. The van der Waals surface area contributed by atoms with E-state index in [9.17, 15) is 8.42 Å². The maximum absolute atomic E-state index is 11.3. The van der Waals surface area contributed by atoms with E-state index in [1.807, 2.05) is 12.1 Å². The molecule has 5 heteroatoms. The van der Waals surface area contributed by atoms with Crippen LogP contribution in [-0.4, -0.2) is 40.1 Å². The molecule has 0 bridgehead atoms. The van der Waals surface area contributed by atoms with E-state index in [2.05, 4.69) is 29.3 Å². The highest BCUT2D eigenvalue weighted by atomic mass is 32.2. The van der Waals surface area contributed by atoms with Crippen LogP contribution in [0.15, 0.2) is 24.3 Å². The summed E-state index contributed by atoms with van der Waals surface area (Å²) in [6.07, 6.45) is 2.32. The topological polar surface area (TPSA) is 49.4 Å². The first-order valence-corrected chi connectivity index (χ1v) is 8.82. The molecule has 1 N–H and O–H groups in total. The lowest BCUT2D eigenvalue weighted by molar-refractivity contribution is 0.492. The lowest BCUT2D eigenvalue weighted by atomic mass is 9.96. The molecule has 106 valence electrons. The van der Waals surface area contributed by atoms with Crippen molar-refractivity contribution in [3.05, 3.63) is 29.8 Å². The van der Waals surface area contributed by atoms with E-state index in [0.29, 0.717) is 12.6 Å². The first-order chi connectivity index (χ1) is 9.01. The lowest BCUT2D eigenvalue weighted by Crippen LogP contribution is -2.38. The molecule has 2 rings (SSSR count). The highest BCUT2D eigenvalue weighted by Crippen LogP contribution is 2.33. The van der Waals surface area contributed by atoms with E-state index >= 15 is 0 Å². The molecule has 0 saturated carbocycles. The number of rotatable bonds is 5. The molecule has 1 aliphatic rings. The second-order valence-corrected chi connectivity index (χ2v) is 7.33. The molecule has 1 unspecified atom stereocenters. The predicted octanol–water partition coefficient (Wildman–Crippen LogP) is 1.59. The maximum atomic E-state index is 11.3. The summed E-state index contributed by atoms with van der Waals surface area (Å²) in [5.41, 5.74) is 2.45. The van der Waals surface area contributed by atoms with Crippen LogP contribution in [0.5, 0.6) is 0 Å². The Hall–Kier alpha value is -1.07. The molecule has 4 nitrogen and oxygen atoms in total. The molecule has 1 aliphatic heterocycles. The number of nitrogens with zero attached hydrogens (tertiary/aromatic N) is 1. The van der Waals surface area contributed by atoms with Crippen molar-refractivity contribution >= 4 is 15.5 Å². The number of hydrogen-bond acceptors (Lipinski definition) is 4. The first kappa shape index (κ1) is 14.3. The lowest BCUT2D eigenvalue weighted by Gasteiger charge is -2.36. The smallest absolute Gasteiger partial charge is 0.149 e. The Morgan fingerprint density at radius 1 is 1.37 bits per heavy atom. The number of benzene rings is 1. The standard InChI is InChI=1S/C14H22N2O2S/c1-3-15-13-8-9-16(10-11-19(2,17)18)14-7-5-4-6-12(13)14/h4-7,13,15H,3,8-11H2,1-2H3. The summed E-state index contributed by atoms with van der Waals surface area (Å²) < 4.78 is 22.6. The molecular weight excluding hydrogens is 260 g/mol. The van der Waals surface area contributed by atoms with Gasteiger partial charge in [0.25, 0.3) is 0 Å². The van der Waals surface area contributed by atoms with E-state index < -0.39 is 9.84 Å². The van der Waals surface area contributed by atoms with Gasteiger partial charge in [-0.3, -0.25) is 0 Å². The van der Waals surface area contributed by atoms with Crippen LogP contribution < -0.4 is 10.2 Å². The van der Waals surface area contributed by atoms with E-state index in [0.717, 1.165) is 19.5 Å². The molecule has 0 saturated heterocycles. The first-order valence-electron chi connectivity index (χ1n) is 6.76. The largest absolute Gasteiger partial charge is 0.370 e. The summed E-state index contributed by atoms with van der Waals surface area (Å²) in [6.45, 7) is 4.54. The van der Waals surface area contributed by atoms with Gasteiger partial charge in [-0.1, -0.05) is 25.1 Å². The molecule has 19 heavy (non-hydrogen) atoms. The highest BCUT2D eigenvalue weighted by molar-refractivity contribution is 7.90. The normalized spacial score (nSPS) is 19.3. The number of anilines is 1. The minimum atomic E-state index is -2.91. The quantitative estimate of drug-likeness (QED) is 0.891. The van der Waals surface area contributed by atoms with E-state index in [1.54, 1.807) is 0 Å². The van der Waals surface area contributed by atoms with Gasteiger partial charge in [-0.25, -0.2) is 8.42 Å². The van der Waals surface area contributed by atoms with Crippen molar-refractivity contribution in [2.45, 2.75) is 19.4 Å². The summed E-state index contributed by atoms with van der Waals surface area (Å²) in [6, 6.07) is 8.66. The number of para-hydroxylation sites is 1. The van der Waals surface area contributed by atoms with Gasteiger partial charge >= 0.3 is 0 Å². The fraction of sp³-hybridized carbons (Fsp3) is 0.571. The fourth-order valence-corrected chi connectivity index (χ4v) is 3.15. The molecule has 0 fully saturated rings. The van der Waals surface area contributed by atoms with Crippen molar-refractivity contribution in [3.8, 4) is 0 Å². The molecule has 1 aromatic carbocycles. The molecule has 1 atom stereocenters. The van der Waals surface area contributed by atoms with Crippen LogP contribution in [0.1, 0.15) is 24.9 Å². The van der Waals surface area contributed by atoms with Crippen LogP contribution in [0, 0.1) is 0 Å². The average Bonchev–Trinajstić information content (AvgIpc) is 2.37. The van der Waals surface area contributed by atoms with Crippen molar-refractivity contribution in [1.29, 1.82) is 0 Å². The summed E-state index contributed by atoms with van der Waals surface area (Å²) in [5.74, 6) is 0.215. The van der Waals surface area contributed by atoms with Crippen LogP contribution >= 0.6 is 0 Å². The Kier molecular flexibility index (Phi) is 4.47. The monoisotopic (exact) mass is 282 g/mol. The van der Waals surface area contributed by atoms with Gasteiger partial charge < -0.3 is 10.2 Å². The van der Waals surface area contributed by atoms with Crippen molar-refractivity contribution in [2.24, 2.45) is 0 Å².